The molecule has 34 heavy (non-hydrogen) atoms. The summed E-state index contributed by atoms with van der Waals surface area (Å²) in [6, 6.07) is 4.67. The maximum Gasteiger partial charge on any atom is 0.311 e. The lowest BCUT2D eigenvalue weighted by atomic mass is 9.78. The molecule has 5 rings (SSSR count). The number of para-hydroxylation sites is 1. The van der Waals surface area contributed by atoms with Crippen LogP contribution in [0.1, 0.15) is 18.4 Å². The molecule has 0 radical (unpaired) electrons. The van der Waals surface area contributed by atoms with Crippen LogP contribution in [0.15, 0.2) is 42.5 Å². The first-order valence-electron chi connectivity index (χ1n) is 11.6. The summed E-state index contributed by atoms with van der Waals surface area (Å²) < 4.78 is 4.57. The molecule has 1 spiro atoms. The Morgan fingerprint density at radius 3 is 2.82 bits per heavy atom. The predicted molar refractivity (Wildman–Crippen MR) is 131 cm³/mol. The summed E-state index contributed by atoms with van der Waals surface area (Å²) in [5.74, 6) is -2.23. The highest BCUT2D eigenvalue weighted by atomic mass is 35.5. The number of aryl methyl sites for hydroxylation is 1. The van der Waals surface area contributed by atoms with Crippen molar-refractivity contribution in [3.63, 3.8) is 0 Å². The standard InChI is InChI=1S/C25H27ClN2O5S/c1-15-7-4-8-16(26)20(15)27-11-5-10-25-19(18-17(34-25)9-2-3-14-33-24(18)32)22(30)28(12-6-13-29)21(25)23(27)31/h2,4-5,7-10,17-19,21,29H,3,6,11-14H2,1H3/t17-,18+,19+,21?,25+/m1/s1. The maximum absolute atomic E-state index is 14.2. The molecule has 0 saturated carbocycles. The average Bonchev–Trinajstić information content (AvgIpc) is 3.17. The molecule has 0 aromatic heterocycles. The van der Waals surface area contributed by atoms with E-state index >= 15 is 0 Å². The van der Waals surface area contributed by atoms with Crippen LogP contribution in [0.3, 0.4) is 0 Å². The Labute approximate surface area is 207 Å². The summed E-state index contributed by atoms with van der Waals surface area (Å²) >= 11 is 8.04. The highest BCUT2D eigenvalue weighted by molar-refractivity contribution is 8.02. The van der Waals surface area contributed by atoms with Crippen molar-refractivity contribution in [3.8, 4) is 0 Å². The van der Waals surface area contributed by atoms with Gasteiger partial charge >= 0.3 is 5.97 Å². The fraction of sp³-hybridized carbons (Fsp3) is 0.480. The number of aliphatic hydroxyl groups is 1. The number of hydrogen-bond donors (Lipinski definition) is 1. The van der Waals surface area contributed by atoms with Crippen LogP contribution in [0, 0.1) is 18.8 Å². The van der Waals surface area contributed by atoms with Gasteiger partial charge in [0.25, 0.3) is 5.91 Å². The summed E-state index contributed by atoms with van der Waals surface area (Å²) in [7, 11) is 0. The first-order chi connectivity index (χ1) is 16.4. The number of anilines is 1. The molecule has 9 heteroatoms. The van der Waals surface area contributed by atoms with Crippen LogP contribution >= 0.6 is 23.4 Å². The van der Waals surface area contributed by atoms with Crippen LogP contribution in [-0.4, -0.2) is 70.1 Å². The van der Waals surface area contributed by atoms with E-state index in [4.69, 9.17) is 16.3 Å². The molecule has 0 aliphatic carbocycles. The third kappa shape index (κ3) is 3.49. The molecule has 1 N–H and O–H groups in total. The molecule has 2 amide bonds. The number of esters is 1. The second kappa shape index (κ2) is 9.06. The molecule has 4 aliphatic rings. The highest BCUT2D eigenvalue weighted by Gasteiger charge is 2.71. The van der Waals surface area contributed by atoms with Crippen molar-refractivity contribution in [1.82, 2.24) is 4.90 Å². The molecule has 2 saturated heterocycles. The first kappa shape index (κ1) is 23.5. The van der Waals surface area contributed by atoms with E-state index in [-0.39, 0.29) is 42.8 Å². The average molecular weight is 503 g/mol. The third-order valence-electron chi connectivity index (χ3n) is 7.14. The van der Waals surface area contributed by atoms with E-state index in [1.54, 1.807) is 15.9 Å². The van der Waals surface area contributed by atoms with Crippen LogP contribution < -0.4 is 4.90 Å². The Bertz CT molecular complexity index is 1070. The number of benzene rings is 1. The quantitative estimate of drug-likeness (QED) is 0.503. The minimum absolute atomic E-state index is 0.102. The molecule has 0 bridgehead atoms. The van der Waals surface area contributed by atoms with Crippen molar-refractivity contribution in [2.75, 3.05) is 31.2 Å². The van der Waals surface area contributed by atoms with Gasteiger partial charge in [-0.3, -0.25) is 14.4 Å². The van der Waals surface area contributed by atoms with E-state index in [1.165, 1.54) is 11.8 Å². The van der Waals surface area contributed by atoms with Crippen LogP contribution in [0.2, 0.25) is 5.02 Å². The van der Waals surface area contributed by atoms with Gasteiger partial charge in [-0.2, -0.15) is 0 Å². The Hall–Kier alpha value is -2.29. The number of ether oxygens (including phenoxy) is 1. The van der Waals surface area contributed by atoms with E-state index in [9.17, 15) is 19.5 Å². The fourth-order valence-corrected chi connectivity index (χ4v) is 8.08. The van der Waals surface area contributed by atoms with Crippen molar-refractivity contribution < 1.29 is 24.2 Å². The summed E-state index contributed by atoms with van der Waals surface area (Å²) in [4.78, 5) is 44.4. The molecular weight excluding hydrogens is 476 g/mol. The fourth-order valence-electron chi connectivity index (χ4n) is 5.75. The number of carbonyl (C=O) groups excluding carboxylic acids is 3. The topological polar surface area (TPSA) is 87.2 Å². The number of amides is 2. The number of carbonyl (C=O) groups is 3. The van der Waals surface area contributed by atoms with Crippen LogP contribution in [0.25, 0.3) is 0 Å². The van der Waals surface area contributed by atoms with Crippen LogP contribution in [0.5, 0.6) is 0 Å². The minimum Gasteiger partial charge on any atom is -0.465 e. The van der Waals surface area contributed by atoms with E-state index in [2.05, 4.69) is 0 Å². The van der Waals surface area contributed by atoms with Gasteiger partial charge < -0.3 is 19.6 Å². The van der Waals surface area contributed by atoms with E-state index in [1.807, 2.05) is 43.4 Å². The smallest absolute Gasteiger partial charge is 0.311 e. The second-order valence-corrected chi connectivity index (χ2v) is 11.0. The van der Waals surface area contributed by atoms with E-state index in [0.717, 1.165) is 5.56 Å². The number of fused-ring (bicyclic) bond motifs is 2. The lowest BCUT2D eigenvalue weighted by Crippen LogP contribution is -2.53. The van der Waals surface area contributed by atoms with Gasteiger partial charge in [0, 0.05) is 24.9 Å². The second-order valence-electron chi connectivity index (χ2n) is 9.09. The zero-order chi connectivity index (χ0) is 24.0. The van der Waals surface area contributed by atoms with Crippen LogP contribution in [-0.2, 0) is 19.1 Å². The maximum atomic E-state index is 14.2. The van der Waals surface area contributed by atoms with E-state index < -0.39 is 22.6 Å². The predicted octanol–water partition coefficient (Wildman–Crippen LogP) is 2.73. The molecule has 4 aliphatic heterocycles. The van der Waals surface area contributed by atoms with Crippen molar-refractivity contribution in [3.05, 3.63) is 53.1 Å². The lowest BCUT2D eigenvalue weighted by Gasteiger charge is -2.35. The van der Waals surface area contributed by atoms with Gasteiger partial charge in [-0.05, 0) is 31.4 Å². The number of nitrogens with zero attached hydrogens (tertiary/aromatic N) is 2. The van der Waals surface area contributed by atoms with Crippen molar-refractivity contribution in [1.29, 1.82) is 0 Å². The first-order valence-corrected chi connectivity index (χ1v) is 12.8. The largest absolute Gasteiger partial charge is 0.465 e. The SMILES string of the molecule is Cc1cccc(Cl)c1N1CC=C[C@]23S[C@@H]4C=CCCOC(=O)[C@@H]4[C@H]2C(=O)N(CCCO)C3C1=O. The number of thioether (sulfide) groups is 1. The summed E-state index contributed by atoms with van der Waals surface area (Å²) in [6.45, 7) is 2.62. The number of halogens is 1. The van der Waals surface area contributed by atoms with Gasteiger partial charge in [0.1, 0.15) is 6.04 Å². The molecule has 1 unspecified atom stereocenters. The number of hydrogen-bond acceptors (Lipinski definition) is 6. The number of aliphatic hydroxyl groups excluding tert-OH is 1. The molecule has 180 valence electrons. The van der Waals surface area contributed by atoms with Gasteiger partial charge in [-0.25, -0.2) is 0 Å². The monoisotopic (exact) mass is 502 g/mol. The van der Waals surface area contributed by atoms with Crippen molar-refractivity contribution >= 4 is 46.8 Å². The lowest BCUT2D eigenvalue weighted by molar-refractivity contribution is -0.153. The summed E-state index contributed by atoms with van der Waals surface area (Å²) in [6.07, 6.45) is 8.82. The normalized spacial score (nSPS) is 32.6. The van der Waals surface area contributed by atoms with Gasteiger partial charge in [0.15, 0.2) is 0 Å². The van der Waals surface area contributed by atoms with Crippen molar-refractivity contribution in [2.24, 2.45) is 11.8 Å². The molecule has 7 nitrogen and oxygen atoms in total. The summed E-state index contributed by atoms with van der Waals surface area (Å²) in [5.41, 5.74) is 1.49. The molecule has 1 aromatic rings. The highest BCUT2D eigenvalue weighted by Crippen LogP contribution is 2.61. The molecule has 5 atom stereocenters. The molecule has 4 heterocycles. The van der Waals surface area contributed by atoms with Gasteiger partial charge in [0.05, 0.1) is 33.9 Å². The van der Waals surface area contributed by atoms with Crippen molar-refractivity contribution in [2.45, 2.75) is 35.8 Å². The minimum atomic E-state index is -0.906. The van der Waals surface area contributed by atoms with Crippen LogP contribution in [0.4, 0.5) is 5.69 Å². The van der Waals surface area contributed by atoms with E-state index in [0.29, 0.717) is 30.1 Å². The molecular formula is C25H27ClN2O5S. The Morgan fingerprint density at radius 2 is 2.06 bits per heavy atom. The zero-order valence-electron chi connectivity index (χ0n) is 18.9. The molecule has 2 fully saturated rings. The van der Waals surface area contributed by atoms with Gasteiger partial charge in [-0.1, -0.05) is 48.0 Å². The Kier molecular flexibility index (Phi) is 6.25. The van der Waals surface area contributed by atoms with Gasteiger partial charge in [0.2, 0.25) is 5.91 Å². The van der Waals surface area contributed by atoms with Gasteiger partial charge in [-0.15, -0.1) is 11.8 Å². The number of likely N-dealkylation sites (tertiary alicyclic amines) is 1. The zero-order valence-corrected chi connectivity index (χ0v) is 20.4. The summed E-state index contributed by atoms with van der Waals surface area (Å²) in [5, 5.41) is 9.69. The third-order valence-corrected chi connectivity index (χ3v) is 9.19. The Morgan fingerprint density at radius 1 is 1.24 bits per heavy atom. The number of cyclic esters (lactones) is 1. The number of rotatable bonds is 4. The molecule has 1 aromatic carbocycles. The Balaban J connectivity index is 1.63.